The van der Waals surface area contributed by atoms with Crippen LogP contribution in [0.3, 0.4) is 0 Å². The molecule has 4 N–H and O–H groups in total. The highest BCUT2D eigenvalue weighted by Crippen LogP contribution is 2.51. The third-order valence-electron chi connectivity index (χ3n) is 2.36. The van der Waals surface area contributed by atoms with Crippen molar-refractivity contribution >= 4 is 11.4 Å². The number of nitrogen functional groups attached to an aromatic ring is 2. The standard InChI is InChI=1S/C9H4F10N2/c10-4-5(20)2(8(14,15)16)1(7(11,12)13)3(6(4)21)9(17,18)19/h20-21H2. The summed E-state index contributed by atoms with van der Waals surface area (Å²) < 4.78 is 127. The van der Waals surface area contributed by atoms with E-state index in [1.807, 2.05) is 0 Å². The largest absolute Gasteiger partial charge is 0.419 e. The van der Waals surface area contributed by atoms with E-state index in [1.54, 1.807) is 0 Å². The number of benzene rings is 1. The van der Waals surface area contributed by atoms with E-state index >= 15 is 0 Å². The lowest BCUT2D eigenvalue weighted by atomic mass is 9.95. The SMILES string of the molecule is Nc1c(F)c(N)c(C(F)(F)F)c(C(F)(F)F)c1C(F)(F)F. The molecule has 1 aromatic rings. The van der Waals surface area contributed by atoms with Crippen molar-refractivity contribution in [2.45, 2.75) is 18.5 Å². The van der Waals surface area contributed by atoms with Gasteiger partial charge < -0.3 is 11.5 Å². The minimum Gasteiger partial charge on any atom is -0.396 e. The van der Waals surface area contributed by atoms with Gasteiger partial charge >= 0.3 is 18.5 Å². The second kappa shape index (κ2) is 4.56. The van der Waals surface area contributed by atoms with E-state index in [-0.39, 0.29) is 0 Å². The Morgan fingerprint density at radius 2 is 0.762 bits per heavy atom. The summed E-state index contributed by atoms with van der Waals surface area (Å²) in [6.45, 7) is 0. The Kier molecular flexibility index (Phi) is 3.73. The molecule has 0 heterocycles. The second-order valence-corrected chi connectivity index (χ2v) is 3.76. The molecule has 0 aromatic heterocycles. The molecular formula is C9H4F10N2. The summed E-state index contributed by atoms with van der Waals surface area (Å²) in [7, 11) is 0. The Bertz CT molecular complexity index is 525. The molecule has 2 nitrogen and oxygen atoms in total. The van der Waals surface area contributed by atoms with Crippen LogP contribution in [0.15, 0.2) is 0 Å². The molecule has 0 fully saturated rings. The van der Waals surface area contributed by atoms with Crippen molar-refractivity contribution in [1.82, 2.24) is 0 Å². The van der Waals surface area contributed by atoms with Gasteiger partial charge in [-0.3, -0.25) is 0 Å². The highest BCUT2D eigenvalue weighted by atomic mass is 19.4. The van der Waals surface area contributed by atoms with Gasteiger partial charge in [0, 0.05) is 0 Å². The Morgan fingerprint density at radius 1 is 0.524 bits per heavy atom. The van der Waals surface area contributed by atoms with Gasteiger partial charge in [0.25, 0.3) is 0 Å². The van der Waals surface area contributed by atoms with Gasteiger partial charge in [-0.15, -0.1) is 0 Å². The summed E-state index contributed by atoms with van der Waals surface area (Å²) in [5.41, 5.74) is -4.33. The fourth-order valence-corrected chi connectivity index (χ4v) is 1.63. The van der Waals surface area contributed by atoms with Gasteiger partial charge in [0.2, 0.25) is 0 Å². The maximum Gasteiger partial charge on any atom is 0.419 e. The van der Waals surface area contributed by atoms with Crippen molar-refractivity contribution in [2.24, 2.45) is 0 Å². The van der Waals surface area contributed by atoms with Crippen LogP contribution in [0.4, 0.5) is 55.3 Å². The van der Waals surface area contributed by atoms with Crippen molar-refractivity contribution in [2.75, 3.05) is 11.5 Å². The van der Waals surface area contributed by atoms with Gasteiger partial charge in [0.05, 0.1) is 28.1 Å². The topological polar surface area (TPSA) is 52.0 Å². The molecule has 0 saturated heterocycles. The van der Waals surface area contributed by atoms with Gasteiger partial charge in [-0.05, 0) is 0 Å². The van der Waals surface area contributed by atoms with Crippen LogP contribution in [0.5, 0.6) is 0 Å². The zero-order chi connectivity index (χ0) is 17.0. The monoisotopic (exact) mass is 330 g/mol. The Labute approximate surface area is 109 Å². The first kappa shape index (κ1) is 17.2. The highest BCUT2D eigenvalue weighted by molar-refractivity contribution is 5.69. The van der Waals surface area contributed by atoms with Gasteiger partial charge in [-0.25, -0.2) is 4.39 Å². The predicted molar refractivity (Wildman–Crippen MR) is 50.2 cm³/mol. The van der Waals surface area contributed by atoms with E-state index in [9.17, 15) is 43.9 Å². The van der Waals surface area contributed by atoms with E-state index in [4.69, 9.17) is 0 Å². The van der Waals surface area contributed by atoms with E-state index in [0.29, 0.717) is 0 Å². The molecule has 0 bridgehead atoms. The second-order valence-electron chi connectivity index (χ2n) is 3.76. The van der Waals surface area contributed by atoms with Gasteiger partial charge in [-0.2, -0.15) is 39.5 Å². The highest BCUT2D eigenvalue weighted by Gasteiger charge is 2.53. The molecule has 0 atom stereocenters. The van der Waals surface area contributed by atoms with E-state index in [0.717, 1.165) is 0 Å². The number of alkyl halides is 9. The first-order chi connectivity index (χ1) is 9.10. The summed E-state index contributed by atoms with van der Waals surface area (Å²) in [5.74, 6) is -2.41. The molecule has 0 aliphatic heterocycles. The van der Waals surface area contributed by atoms with E-state index in [2.05, 4.69) is 11.5 Å². The molecule has 0 radical (unpaired) electrons. The molecule has 21 heavy (non-hydrogen) atoms. The molecule has 0 amide bonds. The van der Waals surface area contributed by atoms with Crippen molar-refractivity contribution in [3.8, 4) is 0 Å². The molecular weight excluding hydrogens is 326 g/mol. The fourth-order valence-electron chi connectivity index (χ4n) is 1.63. The van der Waals surface area contributed by atoms with Crippen LogP contribution < -0.4 is 11.5 Å². The normalized spacial score (nSPS) is 13.6. The molecule has 1 rings (SSSR count). The molecule has 0 unspecified atom stereocenters. The zero-order valence-electron chi connectivity index (χ0n) is 9.43. The summed E-state index contributed by atoms with van der Waals surface area (Å²) in [6, 6.07) is 0. The minimum atomic E-state index is -6.11. The number of hydrogen-bond acceptors (Lipinski definition) is 2. The number of halogens is 10. The van der Waals surface area contributed by atoms with Crippen molar-refractivity contribution < 1.29 is 43.9 Å². The maximum atomic E-state index is 13.3. The molecule has 1 aromatic carbocycles. The van der Waals surface area contributed by atoms with E-state index in [1.165, 1.54) is 0 Å². The molecule has 12 heteroatoms. The Hall–Kier alpha value is -1.88. The van der Waals surface area contributed by atoms with E-state index < -0.39 is 52.4 Å². The lowest BCUT2D eigenvalue weighted by Gasteiger charge is -2.24. The summed E-state index contributed by atoms with van der Waals surface area (Å²) >= 11 is 0. The summed E-state index contributed by atoms with van der Waals surface area (Å²) in [6.07, 6.45) is -18.0. The molecule has 0 aliphatic carbocycles. The van der Waals surface area contributed by atoms with Crippen LogP contribution in [0.25, 0.3) is 0 Å². The molecule has 0 aliphatic rings. The fraction of sp³-hybridized carbons (Fsp3) is 0.333. The van der Waals surface area contributed by atoms with Crippen LogP contribution >= 0.6 is 0 Å². The summed E-state index contributed by atoms with van der Waals surface area (Å²) in [5, 5.41) is 0. The van der Waals surface area contributed by atoms with Crippen LogP contribution in [-0.2, 0) is 18.5 Å². The van der Waals surface area contributed by atoms with Crippen LogP contribution in [-0.4, -0.2) is 0 Å². The first-order valence-electron chi connectivity index (χ1n) is 4.72. The molecule has 0 spiro atoms. The number of rotatable bonds is 0. The number of nitrogens with two attached hydrogens (primary N) is 2. The Balaban J connectivity index is 4.12. The quantitative estimate of drug-likeness (QED) is 0.557. The number of anilines is 2. The first-order valence-corrected chi connectivity index (χ1v) is 4.72. The number of hydrogen-bond donors (Lipinski definition) is 2. The molecule has 120 valence electrons. The third-order valence-corrected chi connectivity index (χ3v) is 2.36. The van der Waals surface area contributed by atoms with Crippen molar-refractivity contribution in [3.63, 3.8) is 0 Å². The van der Waals surface area contributed by atoms with Crippen LogP contribution in [0.1, 0.15) is 16.7 Å². The molecule has 0 saturated carbocycles. The average molecular weight is 330 g/mol. The smallest absolute Gasteiger partial charge is 0.396 e. The lowest BCUT2D eigenvalue weighted by molar-refractivity contribution is -0.174. The lowest BCUT2D eigenvalue weighted by Crippen LogP contribution is -2.27. The van der Waals surface area contributed by atoms with Crippen molar-refractivity contribution in [3.05, 3.63) is 22.5 Å². The average Bonchev–Trinajstić information content (AvgIpc) is 2.19. The van der Waals surface area contributed by atoms with Gasteiger partial charge in [0.15, 0.2) is 5.82 Å². The van der Waals surface area contributed by atoms with Crippen LogP contribution in [0, 0.1) is 5.82 Å². The minimum absolute atomic E-state index is 2.15. The third kappa shape index (κ3) is 2.93. The van der Waals surface area contributed by atoms with Gasteiger partial charge in [-0.1, -0.05) is 0 Å². The van der Waals surface area contributed by atoms with Crippen LogP contribution in [0.2, 0.25) is 0 Å². The zero-order valence-corrected chi connectivity index (χ0v) is 9.43. The van der Waals surface area contributed by atoms with Crippen molar-refractivity contribution in [1.29, 1.82) is 0 Å². The van der Waals surface area contributed by atoms with Gasteiger partial charge in [0.1, 0.15) is 0 Å². The Morgan fingerprint density at radius 3 is 0.952 bits per heavy atom. The maximum absolute atomic E-state index is 13.3. The predicted octanol–water partition coefficient (Wildman–Crippen LogP) is 4.05. The summed E-state index contributed by atoms with van der Waals surface area (Å²) in [4.78, 5) is 0.